The number of halogens is 1. The Labute approximate surface area is 103 Å². The van der Waals surface area contributed by atoms with Gasteiger partial charge in [0.15, 0.2) is 0 Å². The molecule has 2 aromatic heterocycles. The van der Waals surface area contributed by atoms with Gasteiger partial charge in [-0.2, -0.15) is 0 Å². The number of pyridine rings is 1. The van der Waals surface area contributed by atoms with Crippen LogP contribution in [-0.4, -0.2) is 4.98 Å². The molecular formula is C12H13BrN2O. The molecule has 0 saturated carbocycles. The zero-order valence-electron chi connectivity index (χ0n) is 9.03. The summed E-state index contributed by atoms with van der Waals surface area (Å²) in [5, 5.41) is 3.30. The number of aryl methyl sites for hydroxylation is 1. The first-order valence-electron chi connectivity index (χ1n) is 5.09. The monoisotopic (exact) mass is 280 g/mol. The van der Waals surface area contributed by atoms with Crippen molar-refractivity contribution in [3.63, 3.8) is 0 Å². The summed E-state index contributed by atoms with van der Waals surface area (Å²) in [6, 6.07) is 6.01. The maximum absolute atomic E-state index is 5.46. The van der Waals surface area contributed by atoms with Crippen LogP contribution in [0.3, 0.4) is 0 Å². The van der Waals surface area contributed by atoms with Crippen LogP contribution in [0.1, 0.15) is 17.1 Å². The van der Waals surface area contributed by atoms with Gasteiger partial charge in [0.25, 0.3) is 0 Å². The Balaban J connectivity index is 1.84. The summed E-state index contributed by atoms with van der Waals surface area (Å²) >= 11 is 3.39. The number of nitrogens with one attached hydrogen (secondary N) is 1. The molecule has 16 heavy (non-hydrogen) atoms. The molecule has 2 heterocycles. The molecule has 0 atom stereocenters. The van der Waals surface area contributed by atoms with Crippen molar-refractivity contribution in [2.45, 2.75) is 20.0 Å². The molecule has 0 spiro atoms. The molecule has 2 aromatic rings. The number of aromatic nitrogens is 1. The number of hydrogen-bond donors (Lipinski definition) is 1. The molecule has 0 fully saturated rings. The van der Waals surface area contributed by atoms with Gasteiger partial charge in [0.2, 0.25) is 0 Å². The second-order valence-corrected chi connectivity index (χ2v) is 4.54. The average Bonchev–Trinajstić information content (AvgIpc) is 2.64. The van der Waals surface area contributed by atoms with Gasteiger partial charge in [0.1, 0.15) is 11.5 Å². The van der Waals surface area contributed by atoms with Crippen molar-refractivity contribution in [1.29, 1.82) is 0 Å². The lowest BCUT2D eigenvalue weighted by molar-refractivity contribution is 0.461. The Morgan fingerprint density at radius 2 is 2.19 bits per heavy atom. The Kier molecular flexibility index (Phi) is 3.74. The zero-order valence-corrected chi connectivity index (χ0v) is 10.6. The van der Waals surface area contributed by atoms with Crippen LogP contribution in [0.25, 0.3) is 0 Å². The molecule has 0 aliphatic heterocycles. The largest absolute Gasteiger partial charge is 0.465 e. The molecule has 0 radical (unpaired) electrons. The van der Waals surface area contributed by atoms with Crippen molar-refractivity contribution in [1.82, 2.24) is 10.3 Å². The van der Waals surface area contributed by atoms with Gasteiger partial charge in [-0.05, 0) is 46.6 Å². The van der Waals surface area contributed by atoms with Gasteiger partial charge in [0, 0.05) is 23.4 Å². The van der Waals surface area contributed by atoms with Crippen LogP contribution in [-0.2, 0) is 13.1 Å². The highest BCUT2D eigenvalue weighted by Gasteiger charge is 1.98. The van der Waals surface area contributed by atoms with Crippen molar-refractivity contribution in [3.05, 3.63) is 52.1 Å². The van der Waals surface area contributed by atoms with E-state index >= 15 is 0 Å². The normalized spacial score (nSPS) is 10.6. The first-order chi connectivity index (χ1) is 7.74. The van der Waals surface area contributed by atoms with E-state index in [0.717, 1.165) is 34.6 Å². The third kappa shape index (κ3) is 3.18. The molecule has 4 heteroatoms. The highest BCUT2D eigenvalue weighted by molar-refractivity contribution is 9.10. The lowest BCUT2D eigenvalue weighted by atomic mass is 10.3. The van der Waals surface area contributed by atoms with Crippen LogP contribution in [0.15, 0.2) is 39.5 Å². The van der Waals surface area contributed by atoms with E-state index < -0.39 is 0 Å². The Morgan fingerprint density at radius 1 is 1.31 bits per heavy atom. The van der Waals surface area contributed by atoms with Crippen LogP contribution >= 0.6 is 15.9 Å². The van der Waals surface area contributed by atoms with Crippen LogP contribution in [0.2, 0.25) is 0 Å². The fraction of sp³-hybridized carbons (Fsp3) is 0.250. The summed E-state index contributed by atoms with van der Waals surface area (Å²) in [5.74, 6) is 1.90. The first-order valence-corrected chi connectivity index (χ1v) is 5.89. The first kappa shape index (κ1) is 11.4. The van der Waals surface area contributed by atoms with E-state index in [0.29, 0.717) is 0 Å². The van der Waals surface area contributed by atoms with E-state index in [1.54, 1.807) is 6.20 Å². The topological polar surface area (TPSA) is 38.1 Å². The minimum Gasteiger partial charge on any atom is -0.465 e. The van der Waals surface area contributed by atoms with E-state index in [2.05, 4.69) is 26.2 Å². The molecule has 0 aromatic carbocycles. The predicted octanol–water partition coefficient (Wildman–Crippen LogP) is 3.04. The zero-order chi connectivity index (χ0) is 11.4. The molecule has 0 amide bonds. The van der Waals surface area contributed by atoms with Crippen molar-refractivity contribution in [3.8, 4) is 0 Å². The van der Waals surface area contributed by atoms with Crippen LogP contribution < -0.4 is 5.32 Å². The molecule has 84 valence electrons. The van der Waals surface area contributed by atoms with Crippen molar-refractivity contribution in [2.24, 2.45) is 0 Å². The van der Waals surface area contributed by atoms with Gasteiger partial charge in [-0.25, -0.2) is 0 Å². The fourth-order valence-corrected chi connectivity index (χ4v) is 1.87. The lowest BCUT2D eigenvalue weighted by Gasteiger charge is -2.02. The highest BCUT2D eigenvalue weighted by atomic mass is 79.9. The van der Waals surface area contributed by atoms with Crippen LogP contribution in [0.5, 0.6) is 0 Å². The summed E-state index contributed by atoms with van der Waals surface area (Å²) in [5.41, 5.74) is 1.15. The van der Waals surface area contributed by atoms with Gasteiger partial charge < -0.3 is 9.73 Å². The van der Waals surface area contributed by atoms with E-state index in [4.69, 9.17) is 4.42 Å². The second-order valence-electron chi connectivity index (χ2n) is 3.63. The van der Waals surface area contributed by atoms with Crippen molar-refractivity contribution in [2.75, 3.05) is 0 Å². The third-order valence-electron chi connectivity index (χ3n) is 2.19. The summed E-state index contributed by atoms with van der Waals surface area (Å²) in [6.45, 7) is 3.47. The summed E-state index contributed by atoms with van der Waals surface area (Å²) in [4.78, 5) is 4.10. The maximum Gasteiger partial charge on any atom is 0.117 e. The predicted molar refractivity (Wildman–Crippen MR) is 65.9 cm³/mol. The third-order valence-corrected chi connectivity index (χ3v) is 2.62. The number of rotatable bonds is 4. The van der Waals surface area contributed by atoms with Gasteiger partial charge in [0.05, 0.1) is 6.54 Å². The molecule has 3 nitrogen and oxygen atoms in total. The molecule has 0 aliphatic rings. The van der Waals surface area contributed by atoms with E-state index in [9.17, 15) is 0 Å². The molecule has 2 rings (SSSR count). The fourth-order valence-electron chi connectivity index (χ4n) is 1.46. The smallest absolute Gasteiger partial charge is 0.117 e. The number of nitrogens with zero attached hydrogens (tertiary/aromatic N) is 1. The van der Waals surface area contributed by atoms with Gasteiger partial charge in [-0.15, -0.1) is 0 Å². The lowest BCUT2D eigenvalue weighted by Crippen LogP contribution is -2.12. The Hall–Kier alpha value is -1.13. The second kappa shape index (κ2) is 5.27. The molecule has 0 saturated heterocycles. The highest BCUT2D eigenvalue weighted by Crippen LogP contribution is 2.10. The minimum atomic E-state index is 0.736. The Morgan fingerprint density at radius 3 is 2.88 bits per heavy atom. The minimum absolute atomic E-state index is 0.736. The average molecular weight is 281 g/mol. The SMILES string of the molecule is Cc1ccc(CNCc2cncc(Br)c2)o1. The summed E-state index contributed by atoms with van der Waals surface area (Å²) in [6.07, 6.45) is 3.63. The van der Waals surface area contributed by atoms with Gasteiger partial charge in [-0.3, -0.25) is 4.98 Å². The molecule has 0 aliphatic carbocycles. The van der Waals surface area contributed by atoms with Gasteiger partial charge in [-0.1, -0.05) is 0 Å². The summed E-state index contributed by atoms with van der Waals surface area (Å²) in [7, 11) is 0. The van der Waals surface area contributed by atoms with E-state index in [-0.39, 0.29) is 0 Å². The number of hydrogen-bond acceptors (Lipinski definition) is 3. The maximum atomic E-state index is 5.46. The number of furan rings is 1. The van der Waals surface area contributed by atoms with Crippen molar-refractivity contribution >= 4 is 15.9 Å². The van der Waals surface area contributed by atoms with Crippen molar-refractivity contribution < 1.29 is 4.42 Å². The van der Waals surface area contributed by atoms with Crippen LogP contribution in [0, 0.1) is 6.92 Å². The van der Waals surface area contributed by atoms with Crippen LogP contribution in [0.4, 0.5) is 0 Å². The quantitative estimate of drug-likeness (QED) is 0.936. The van der Waals surface area contributed by atoms with Gasteiger partial charge >= 0.3 is 0 Å². The molecule has 0 bridgehead atoms. The standard InChI is InChI=1S/C12H13BrN2O/c1-9-2-3-12(16-9)8-15-6-10-4-11(13)7-14-5-10/h2-5,7,15H,6,8H2,1H3. The molecule has 0 unspecified atom stereocenters. The van der Waals surface area contributed by atoms with E-state index in [1.165, 1.54) is 0 Å². The molecule has 1 N–H and O–H groups in total. The molecular weight excluding hydrogens is 268 g/mol. The van der Waals surface area contributed by atoms with E-state index in [1.807, 2.05) is 31.3 Å². The summed E-state index contributed by atoms with van der Waals surface area (Å²) < 4.78 is 6.46. The Bertz CT molecular complexity index is 468.